The highest BCUT2D eigenvalue weighted by Gasteiger charge is 2.11. The van der Waals surface area contributed by atoms with Crippen LogP contribution in [0.3, 0.4) is 0 Å². The fraction of sp³-hybridized carbons (Fsp3) is 0.250. The summed E-state index contributed by atoms with van der Waals surface area (Å²) in [5.41, 5.74) is 3.61. The minimum atomic E-state index is -0.124. The molecule has 0 radical (unpaired) electrons. The van der Waals surface area contributed by atoms with Crippen LogP contribution in [0.1, 0.15) is 15.9 Å². The Morgan fingerprint density at radius 1 is 1.04 bits per heavy atom. The van der Waals surface area contributed by atoms with Gasteiger partial charge in [-0.2, -0.15) is 5.10 Å². The molecular weight excluding hydrogens is 342 g/mol. The molecule has 0 atom stereocenters. The summed E-state index contributed by atoms with van der Waals surface area (Å²) in [7, 11) is 0. The molecule has 0 spiro atoms. The zero-order valence-electron chi connectivity index (χ0n) is 14.9. The van der Waals surface area contributed by atoms with Gasteiger partial charge in [0, 0.05) is 30.0 Å². The second-order valence-corrected chi connectivity index (χ2v) is 6.39. The van der Waals surface area contributed by atoms with E-state index < -0.39 is 0 Å². The van der Waals surface area contributed by atoms with E-state index in [2.05, 4.69) is 20.3 Å². The van der Waals surface area contributed by atoms with Gasteiger partial charge in [-0.05, 0) is 42.0 Å². The number of carbonyl (C=O) groups excluding carboxylic acids is 1. The van der Waals surface area contributed by atoms with Crippen LogP contribution in [0.5, 0.6) is 0 Å². The highest BCUT2D eigenvalue weighted by molar-refractivity contribution is 6.04. The molecule has 4 rings (SSSR count). The smallest absolute Gasteiger partial charge is 0.255 e. The van der Waals surface area contributed by atoms with Crippen molar-refractivity contribution >= 4 is 17.3 Å². The van der Waals surface area contributed by atoms with Gasteiger partial charge in [0.05, 0.1) is 19.8 Å². The Morgan fingerprint density at radius 2 is 1.78 bits per heavy atom. The average molecular weight is 363 g/mol. The van der Waals surface area contributed by atoms with Crippen molar-refractivity contribution in [2.75, 3.05) is 36.5 Å². The van der Waals surface area contributed by atoms with Crippen molar-refractivity contribution in [3.63, 3.8) is 0 Å². The summed E-state index contributed by atoms with van der Waals surface area (Å²) < 4.78 is 7.12. The van der Waals surface area contributed by atoms with Crippen molar-refractivity contribution in [2.24, 2.45) is 0 Å². The third kappa shape index (κ3) is 4.32. The Morgan fingerprint density at radius 3 is 2.44 bits per heavy atom. The molecule has 0 aliphatic carbocycles. The van der Waals surface area contributed by atoms with E-state index in [0.717, 1.165) is 43.2 Å². The van der Waals surface area contributed by atoms with Gasteiger partial charge in [-0.1, -0.05) is 12.1 Å². The van der Waals surface area contributed by atoms with Gasteiger partial charge >= 0.3 is 0 Å². The summed E-state index contributed by atoms with van der Waals surface area (Å²) in [4.78, 5) is 18.7. The van der Waals surface area contributed by atoms with E-state index >= 15 is 0 Å². The Labute approximate surface area is 157 Å². The number of hydrogen-bond donors (Lipinski definition) is 1. The summed E-state index contributed by atoms with van der Waals surface area (Å²) in [6, 6.07) is 15.4. The fourth-order valence-corrected chi connectivity index (χ4v) is 3.04. The first-order chi connectivity index (χ1) is 13.3. The zero-order valence-corrected chi connectivity index (χ0v) is 14.9. The van der Waals surface area contributed by atoms with Gasteiger partial charge in [0.15, 0.2) is 0 Å². The van der Waals surface area contributed by atoms with Crippen molar-refractivity contribution in [3.05, 3.63) is 72.3 Å². The van der Waals surface area contributed by atoms with E-state index in [1.54, 1.807) is 11.0 Å². The normalized spacial score (nSPS) is 14.1. The summed E-state index contributed by atoms with van der Waals surface area (Å²) >= 11 is 0. The maximum absolute atomic E-state index is 12.5. The number of anilines is 2. The lowest BCUT2D eigenvalue weighted by molar-refractivity contribution is 0.102. The maximum Gasteiger partial charge on any atom is 0.255 e. The standard InChI is InChI=1S/C20H21N5O2/c26-20(17-3-1-16(2-4-17)13-25-15-21-14-22-25)23-18-5-7-19(8-6-18)24-9-11-27-12-10-24/h1-8,14-15H,9-13H2,(H,23,26). The SMILES string of the molecule is O=C(Nc1ccc(N2CCOCC2)cc1)c1ccc(Cn2cncn2)cc1. The monoisotopic (exact) mass is 363 g/mol. The lowest BCUT2D eigenvalue weighted by atomic mass is 10.1. The van der Waals surface area contributed by atoms with Crippen LogP contribution in [-0.2, 0) is 11.3 Å². The number of morpholine rings is 1. The number of rotatable bonds is 5. The quantitative estimate of drug-likeness (QED) is 0.754. The number of ether oxygens (including phenoxy) is 1. The second kappa shape index (κ2) is 8.01. The number of nitrogens with one attached hydrogen (secondary N) is 1. The predicted octanol–water partition coefficient (Wildman–Crippen LogP) is 2.42. The Bertz CT molecular complexity index is 870. The molecule has 138 valence electrons. The number of carbonyl (C=O) groups is 1. The Hall–Kier alpha value is -3.19. The molecular formula is C20H21N5O2. The number of amides is 1. The second-order valence-electron chi connectivity index (χ2n) is 6.39. The first-order valence-corrected chi connectivity index (χ1v) is 8.93. The Kier molecular flexibility index (Phi) is 5.11. The van der Waals surface area contributed by atoms with Crippen LogP contribution in [0.4, 0.5) is 11.4 Å². The average Bonchev–Trinajstić information content (AvgIpc) is 3.23. The molecule has 3 aromatic rings. The van der Waals surface area contributed by atoms with Gasteiger partial charge in [-0.15, -0.1) is 0 Å². The van der Waals surface area contributed by atoms with Crippen LogP contribution in [-0.4, -0.2) is 47.0 Å². The Balaban J connectivity index is 1.36. The molecule has 0 bridgehead atoms. The molecule has 27 heavy (non-hydrogen) atoms. The van der Waals surface area contributed by atoms with Gasteiger partial charge in [-0.3, -0.25) is 4.79 Å². The fourth-order valence-electron chi connectivity index (χ4n) is 3.04. The summed E-state index contributed by atoms with van der Waals surface area (Å²) in [5.74, 6) is -0.124. The molecule has 1 saturated heterocycles. The number of benzene rings is 2. The highest BCUT2D eigenvalue weighted by Crippen LogP contribution is 2.19. The van der Waals surface area contributed by atoms with Crippen LogP contribution >= 0.6 is 0 Å². The van der Waals surface area contributed by atoms with Crippen LogP contribution in [0, 0.1) is 0 Å². The van der Waals surface area contributed by atoms with Crippen LogP contribution in [0.15, 0.2) is 61.2 Å². The van der Waals surface area contributed by atoms with E-state index in [4.69, 9.17) is 4.74 Å². The maximum atomic E-state index is 12.5. The lowest BCUT2D eigenvalue weighted by Gasteiger charge is -2.28. The van der Waals surface area contributed by atoms with Gasteiger partial charge in [0.2, 0.25) is 0 Å². The van der Waals surface area contributed by atoms with Crippen molar-refractivity contribution in [2.45, 2.75) is 6.54 Å². The molecule has 0 saturated carbocycles. The number of nitrogens with zero attached hydrogens (tertiary/aromatic N) is 4. The molecule has 1 aliphatic rings. The predicted molar refractivity (Wildman–Crippen MR) is 103 cm³/mol. The third-order valence-corrected chi connectivity index (χ3v) is 4.53. The van der Waals surface area contributed by atoms with Gasteiger partial charge in [0.1, 0.15) is 12.7 Å². The molecule has 1 aromatic heterocycles. The molecule has 7 heteroatoms. The van der Waals surface area contributed by atoms with E-state index in [-0.39, 0.29) is 5.91 Å². The lowest BCUT2D eigenvalue weighted by Crippen LogP contribution is -2.36. The first-order valence-electron chi connectivity index (χ1n) is 8.93. The summed E-state index contributed by atoms with van der Waals surface area (Å²) in [6.07, 6.45) is 3.17. The van der Waals surface area contributed by atoms with Crippen LogP contribution < -0.4 is 10.2 Å². The molecule has 2 aromatic carbocycles. The third-order valence-electron chi connectivity index (χ3n) is 4.53. The van der Waals surface area contributed by atoms with E-state index in [9.17, 15) is 4.79 Å². The largest absolute Gasteiger partial charge is 0.378 e. The van der Waals surface area contributed by atoms with Crippen LogP contribution in [0.2, 0.25) is 0 Å². The van der Waals surface area contributed by atoms with Gasteiger partial charge in [-0.25, -0.2) is 9.67 Å². The number of hydrogen-bond acceptors (Lipinski definition) is 5. The molecule has 1 amide bonds. The summed E-state index contributed by atoms with van der Waals surface area (Å²) in [6.45, 7) is 3.93. The van der Waals surface area contributed by atoms with E-state index in [0.29, 0.717) is 12.1 Å². The summed E-state index contributed by atoms with van der Waals surface area (Å²) in [5, 5.41) is 7.03. The van der Waals surface area contributed by atoms with E-state index in [1.165, 1.54) is 6.33 Å². The highest BCUT2D eigenvalue weighted by atomic mass is 16.5. The van der Waals surface area contributed by atoms with Crippen molar-refractivity contribution < 1.29 is 9.53 Å². The zero-order chi connectivity index (χ0) is 18.5. The molecule has 1 N–H and O–H groups in total. The first kappa shape index (κ1) is 17.2. The molecule has 1 aliphatic heterocycles. The van der Waals surface area contributed by atoms with E-state index in [1.807, 2.05) is 48.5 Å². The minimum Gasteiger partial charge on any atom is -0.378 e. The van der Waals surface area contributed by atoms with Crippen molar-refractivity contribution in [3.8, 4) is 0 Å². The molecule has 2 heterocycles. The molecule has 7 nitrogen and oxygen atoms in total. The molecule has 1 fully saturated rings. The van der Waals surface area contributed by atoms with Crippen molar-refractivity contribution in [1.82, 2.24) is 14.8 Å². The minimum absolute atomic E-state index is 0.124. The topological polar surface area (TPSA) is 72.3 Å². The van der Waals surface area contributed by atoms with Crippen LogP contribution in [0.25, 0.3) is 0 Å². The number of aromatic nitrogens is 3. The van der Waals surface area contributed by atoms with Crippen molar-refractivity contribution in [1.29, 1.82) is 0 Å². The van der Waals surface area contributed by atoms with Gasteiger partial charge in [0.25, 0.3) is 5.91 Å². The van der Waals surface area contributed by atoms with Gasteiger partial charge < -0.3 is 15.0 Å². The molecule has 0 unspecified atom stereocenters.